The van der Waals surface area contributed by atoms with E-state index in [4.69, 9.17) is 4.74 Å². The molecule has 0 fully saturated rings. The van der Waals surface area contributed by atoms with Crippen LogP contribution in [-0.4, -0.2) is 32.8 Å². The number of benzene rings is 2. The lowest BCUT2D eigenvalue weighted by Gasteiger charge is -2.17. The van der Waals surface area contributed by atoms with E-state index in [-0.39, 0.29) is 11.0 Å². The molecule has 38 heavy (non-hydrogen) atoms. The van der Waals surface area contributed by atoms with Crippen LogP contribution in [0.4, 0.5) is 5.82 Å². The van der Waals surface area contributed by atoms with Crippen molar-refractivity contribution in [3.63, 3.8) is 0 Å². The van der Waals surface area contributed by atoms with Gasteiger partial charge in [0, 0.05) is 29.8 Å². The molecule has 2 heterocycles. The van der Waals surface area contributed by atoms with Gasteiger partial charge in [0.2, 0.25) is 0 Å². The molecule has 0 unspecified atom stereocenters. The molecular weight excluding hydrogens is 478 g/mol. The zero-order valence-electron chi connectivity index (χ0n) is 22.2. The number of hydrogen-bond donors (Lipinski definition) is 2. The quantitative estimate of drug-likeness (QED) is 0.281. The van der Waals surface area contributed by atoms with Crippen LogP contribution in [-0.2, 0) is 0 Å². The first kappa shape index (κ1) is 26.8. The first-order valence-electron chi connectivity index (χ1n) is 12.6. The number of rotatable bonds is 9. The number of nitrogens with zero attached hydrogens (tertiary/aromatic N) is 2. The summed E-state index contributed by atoms with van der Waals surface area (Å²) in [6, 6.07) is 20.5. The molecule has 0 aliphatic carbocycles. The van der Waals surface area contributed by atoms with Gasteiger partial charge in [0.05, 0.1) is 12.2 Å². The molecule has 0 spiro atoms. The molecule has 2 aromatic carbocycles. The number of hydrogen-bond acceptors (Lipinski definition) is 5. The first-order chi connectivity index (χ1) is 18.1. The van der Waals surface area contributed by atoms with Crippen LogP contribution in [0.15, 0.2) is 83.9 Å². The molecule has 4 aromatic rings. The number of nitrogens with one attached hydrogen (secondary N) is 1. The summed E-state index contributed by atoms with van der Waals surface area (Å²) in [5.74, 6) is 0.546. The fourth-order valence-corrected chi connectivity index (χ4v) is 4.22. The average Bonchev–Trinajstić information content (AvgIpc) is 2.87. The van der Waals surface area contributed by atoms with Gasteiger partial charge in [0.1, 0.15) is 17.1 Å². The van der Waals surface area contributed by atoms with Crippen molar-refractivity contribution in [3.8, 4) is 22.6 Å². The smallest absolute Gasteiger partial charge is 0.262 e. The largest absolute Gasteiger partial charge is 0.494 e. The second-order valence-corrected chi connectivity index (χ2v) is 10.0. The summed E-state index contributed by atoms with van der Waals surface area (Å²) in [7, 11) is 0. The lowest BCUT2D eigenvalue weighted by Crippen LogP contribution is -2.24. The van der Waals surface area contributed by atoms with Crippen molar-refractivity contribution in [1.82, 2.24) is 9.55 Å². The monoisotopic (exact) mass is 511 g/mol. The number of anilines is 1. The zero-order chi connectivity index (χ0) is 27.3. The molecule has 2 N–H and O–H groups in total. The Bertz CT molecular complexity index is 1490. The van der Waals surface area contributed by atoms with Gasteiger partial charge in [-0.25, -0.2) is 4.98 Å². The van der Waals surface area contributed by atoms with Gasteiger partial charge in [-0.3, -0.25) is 9.59 Å². The molecule has 0 radical (unpaired) electrons. The van der Waals surface area contributed by atoms with Crippen LogP contribution in [0.5, 0.6) is 5.75 Å². The van der Waals surface area contributed by atoms with Gasteiger partial charge >= 0.3 is 0 Å². The van der Waals surface area contributed by atoms with Gasteiger partial charge in [-0.15, -0.1) is 0 Å². The van der Waals surface area contributed by atoms with Crippen LogP contribution in [0.3, 0.4) is 0 Å². The highest BCUT2D eigenvalue weighted by atomic mass is 16.5. The summed E-state index contributed by atoms with van der Waals surface area (Å²) in [5, 5.41) is 12.7. The topological polar surface area (TPSA) is 93.4 Å². The molecule has 2 aromatic heterocycles. The number of amides is 1. The Labute approximate surface area is 222 Å². The first-order valence-corrected chi connectivity index (χ1v) is 12.6. The molecule has 7 nitrogen and oxygen atoms in total. The highest BCUT2D eigenvalue weighted by molar-refractivity contribution is 6.03. The van der Waals surface area contributed by atoms with Crippen molar-refractivity contribution in [3.05, 3.63) is 106 Å². The maximum absolute atomic E-state index is 13.1. The number of para-hydroxylation sites is 1. The van der Waals surface area contributed by atoms with Gasteiger partial charge in [0.25, 0.3) is 5.91 Å². The Morgan fingerprint density at radius 2 is 1.82 bits per heavy atom. The van der Waals surface area contributed by atoms with E-state index < -0.39 is 11.5 Å². The lowest BCUT2D eigenvalue weighted by molar-refractivity contribution is 0.0641. The third-order valence-electron chi connectivity index (χ3n) is 6.25. The normalized spacial score (nSPS) is 11.3. The van der Waals surface area contributed by atoms with Gasteiger partial charge < -0.3 is 19.7 Å². The van der Waals surface area contributed by atoms with Crippen LogP contribution < -0.4 is 15.5 Å². The van der Waals surface area contributed by atoms with E-state index >= 15 is 0 Å². The molecule has 0 aliphatic rings. The predicted molar refractivity (Wildman–Crippen MR) is 150 cm³/mol. The third-order valence-corrected chi connectivity index (χ3v) is 6.25. The molecule has 196 valence electrons. The summed E-state index contributed by atoms with van der Waals surface area (Å²) in [5.41, 5.74) is 3.41. The Morgan fingerprint density at radius 3 is 2.55 bits per heavy atom. The summed E-state index contributed by atoms with van der Waals surface area (Å²) in [6.07, 6.45) is 4.58. The fourth-order valence-electron chi connectivity index (χ4n) is 4.22. The molecule has 0 aliphatic heterocycles. The van der Waals surface area contributed by atoms with Crippen LogP contribution in [0.1, 0.15) is 48.3 Å². The molecular formula is C31H33N3O4. The minimum absolute atomic E-state index is 0.0318. The van der Waals surface area contributed by atoms with Crippen molar-refractivity contribution in [2.24, 2.45) is 0 Å². The standard InChI is InChI=1S/C31H33N3O4/c1-21-11-12-25(38-16-8-14-31(3,4)37)19-26(21)23-13-15-32-29(18-23)33-30(36)27-20-34(22(2)17-28(27)35)24-9-6-5-7-10-24/h5-7,9-13,15,17-20,37H,8,14,16H2,1-4H3,(H,32,33,36). The van der Waals surface area contributed by atoms with Crippen LogP contribution >= 0.6 is 0 Å². The van der Waals surface area contributed by atoms with E-state index in [0.29, 0.717) is 18.8 Å². The van der Waals surface area contributed by atoms with E-state index in [1.807, 2.05) is 73.0 Å². The number of carbonyl (C=O) groups excluding carboxylic acids is 1. The Balaban J connectivity index is 1.53. The van der Waals surface area contributed by atoms with Crippen molar-refractivity contribution in [2.45, 2.75) is 46.1 Å². The number of aliphatic hydroxyl groups is 1. The van der Waals surface area contributed by atoms with E-state index in [9.17, 15) is 14.7 Å². The van der Waals surface area contributed by atoms with E-state index in [1.165, 1.54) is 6.07 Å². The van der Waals surface area contributed by atoms with Crippen molar-refractivity contribution < 1.29 is 14.6 Å². The van der Waals surface area contributed by atoms with E-state index in [0.717, 1.165) is 40.2 Å². The van der Waals surface area contributed by atoms with Crippen LogP contribution in [0.2, 0.25) is 0 Å². The SMILES string of the molecule is Cc1ccc(OCCCC(C)(C)O)cc1-c1ccnc(NC(=O)c2cn(-c3ccccc3)c(C)cc2=O)c1. The maximum atomic E-state index is 13.1. The second-order valence-electron chi connectivity index (χ2n) is 10.0. The van der Waals surface area contributed by atoms with E-state index in [2.05, 4.69) is 10.3 Å². The summed E-state index contributed by atoms with van der Waals surface area (Å²) in [4.78, 5) is 30.1. The van der Waals surface area contributed by atoms with Crippen molar-refractivity contribution in [2.75, 3.05) is 11.9 Å². The van der Waals surface area contributed by atoms with Gasteiger partial charge in [-0.2, -0.15) is 0 Å². The summed E-state index contributed by atoms with van der Waals surface area (Å²) >= 11 is 0. The minimum Gasteiger partial charge on any atom is -0.494 e. The Kier molecular flexibility index (Phi) is 8.08. The number of aryl methyl sites for hydroxylation is 2. The number of aromatic nitrogens is 2. The zero-order valence-corrected chi connectivity index (χ0v) is 22.2. The molecule has 0 saturated heterocycles. The highest BCUT2D eigenvalue weighted by Gasteiger charge is 2.15. The lowest BCUT2D eigenvalue weighted by atomic mass is 10.0. The molecule has 1 amide bonds. The van der Waals surface area contributed by atoms with Crippen LogP contribution in [0, 0.1) is 13.8 Å². The summed E-state index contributed by atoms with van der Waals surface area (Å²) < 4.78 is 7.72. The number of pyridine rings is 2. The summed E-state index contributed by atoms with van der Waals surface area (Å²) in [6.45, 7) is 7.91. The fraction of sp³-hybridized carbons (Fsp3) is 0.258. The van der Waals surface area contributed by atoms with Gasteiger partial charge in [-0.05, 0) is 93.6 Å². The maximum Gasteiger partial charge on any atom is 0.262 e. The van der Waals surface area contributed by atoms with Gasteiger partial charge in [-0.1, -0.05) is 24.3 Å². The van der Waals surface area contributed by atoms with Crippen molar-refractivity contribution >= 4 is 11.7 Å². The Hall–Kier alpha value is -4.23. The highest BCUT2D eigenvalue weighted by Crippen LogP contribution is 2.29. The van der Waals surface area contributed by atoms with Gasteiger partial charge in [0.15, 0.2) is 5.43 Å². The molecule has 4 rings (SSSR count). The molecule has 0 atom stereocenters. The number of carbonyl (C=O) groups is 1. The number of ether oxygens (including phenoxy) is 1. The molecule has 7 heteroatoms. The predicted octanol–water partition coefficient (Wildman–Crippen LogP) is 5.70. The Morgan fingerprint density at radius 1 is 1.05 bits per heavy atom. The average molecular weight is 512 g/mol. The molecule has 0 saturated carbocycles. The third kappa shape index (κ3) is 6.75. The van der Waals surface area contributed by atoms with Crippen molar-refractivity contribution in [1.29, 1.82) is 0 Å². The second kappa shape index (κ2) is 11.4. The molecule has 0 bridgehead atoms. The van der Waals surface area contributed by atoms with Crippen LogP contribution in [0.25, 0.3) is 16.8 Å². The minimum atomic E-state index is -0.715. The van der Waals surface area contributed by atoms with E-state index in [1.54, 1.807) is 32.3 Å².